The molecule has 3 unspecified atom stereocenters. The molecule has 42 heavy (non-hydrogen) atoms. The van der Waals surface area contributed by atoms with E-state index in [9.17, 15) is 29.4 Å². The highest BCUT2D eigenvalue weighted by Crippen LogP contribution is 2.27. The molecule has 0 aliphatic carbocycles. The molecule has 0 aromatic heterocycles. The summed E-state index contributed by atoms with van der Waals surface area (Å²) in [6, 6.07) is 5.47. The lowest BCUT2D eigenvalue weighted by molar-refractivity contribution is -0.195. The van der Waals surface area contributed by atoms with Gasteiger partial charge in [-0.25, -0.2) is 4.79 Å². The zero-order valence-electron chi connectivity index (χ0n) is 23.2. The van der Waals surface area contributed by atoms with Crippen molar-refractivity contribution in [3.8, 4) is 5.75 Å². The summed E-state index contributed by atoms with van der Waals surface area (Å²) in [5.41, 5.74) is 1.65. The average molecular weight is 592 g/mol. The molecule has 1 fully saturated rings. The third-order valence-corrected chi connectivity index (χ3v) is 6.41. The van der Waals surface area contributed by atoms with E-state index in [2.05, 4.69) is 5.32 Å². The molecule has 3 rings (SSSR count). The summed E-state index contributed by atoms with van der Waals surface area (Å²) in [6.07, 6.45) is 1.84. The molecule has 0 spiro atoms. The van der Waals surface area contributed by atoms with E-state index in [4.69, 9.17) is 29.1 Å². The normalized spacial score (nSPS) is 20.0. The van der Waals surface area contributed by atoms with E-state index in [1.165, 1.54) is 12.2 Å². The topological polar surface area (TPSA) is 194 Å². The quantitative estimate of drug-likeness (QED) is 0.0759. The number of carboxylic acid groups (broad SMARTS) is 1. The summed E-state index contributed by atoms with van der Waals surface area (Å²) in [5, 5.41) is 29.0. The number of rotatable bonds is 19. The lowest BCUT2D eigenvalue weighted by Gasteiger charge is -2.31. The largest absolute Gasteiger partial charge is 0.479 e. The number of benzene rings is 1. The van der Waals surface area contributed by atoms with Crippen molar-refractivity contribution in [3.63, 3.8) is 0 Å². The number of aryl methyl sites for hydroxylation is 1. The highest BCUT2D eigenvalue weighted by atomic mass is 16.7. The van der Waals surface area contributed by atoms with E-state index < -0.39 is 36.3 Å². The summed E-state index contributed by atoms with van der Waals surface area (Å²) in [4.78, 5) is 47.1. The number of ether oxygens (including phenoxy) is 5. The Kier molecular flexibility index (Phi) is 13.4. The number of hydrogen-bond acceptors (Lipinski definition) is 11. The number of carbonyl (C=O) groups excluding carboxylic acids is 3. The van der Waals surface area contributed by atoms with Gasteiger partial charge in [0, 0.05) is 56.7 Å². The number of hydrogen-bond donors (Lipinski definition) is 4. The van der Waals surface area contributed by atoms with Crippen LogP contribution in [0.3, 0.4) is 0 Å². The Bertz CT molecular complexity index is 1110. The zero-order valence-corrected chi connectivity index (χ0v) is 23.2. The van der Waals surface area contributed by atoms with Gasteiger partial charge in [-0.3, -0.25) is 24.7 Å². The average Bonchev–Trinajstić information content (AvgIpc) is 3.28. The molecule has 1 aromatic carbocycles. The molecule has 0 radical (unpaired) electrons. The molecular weight excluding hydrogens is 554 g/mol. The van der Waals surface area contributed by atoms with E-state index in [1.807, 2.05) is 12.1 Å². The van der Waals surface area contributed by atoms with Gasteiger partial charge in [-0.2, -0.15) is 0 Å². The highest BCUT2D eigenvalue weighted by Gasteiger charge is 2.34. The maximum Gasteiger partial charge on any atom is 0.333 e. The molecule has 14 heteroatoms. The van der Waals surface area contributed by atoms with Gasteiger partial charge in [0.15, 0.2) is 12.5 Å². The number of imide groups is 1. The van der Waals surface area contributed by atoms with E-state index >= 15 is 0 Å². The van der Waals surface area contributed by atoms with E-state index in [1.54, 1.807) is 6.07 Å². The number of carbonyl (C=O) groups is 4. The highest BCUT2D eigenvalue weighted by molar-refractivity contribution is 6.13. The van der Waals surface area contributed by atoms with Crippen LogP contribution in [0.4, 0.5) is 0 Å². The second-order valence-electron chi connectivity index (χ2n) is 9.60. The number of aliphatic hydroxyl groups excluding tert-OH is 1. The van der Waals surface area contributed by atoms with Crippen LogP contribution in [-0.4, -0.2) is 103 Å². The summed E-state index contributed by atoms with van der Waals surface area (Å²) < 4.78 is 27.5. The number of amides is 3. The van der Waals surface area contributed by atoms with Crippen molar-refractivity contribution >= 4 is 30.1 Å². The Hall–Kier alpha value is -3.85. The van der Waals surface area contributed by atoms with Gasteiger partial charge in [-0.1, -0.05) is 6.07 Å². The Balaban J connectivity index is 1.28. The lowest BCUT2D eigenvalue weighted by Crippen LogP contribution is -2.42. The van der Waals surface area contributed by atoms with Gasteiger partial charge in [-0.15, -0.1) is 0 Å². The maximum atomic E-state index is 11.8. The number of carboxylic acids is 1. The third-order valence-electron chi connectivity index (χ3n) is 6.41. The number of aliphatic carboxylic acids is 1. The summed E-state index contributed by atoms with van der Waals surface area (Å²) in [5.74, 6) is -1.85. The smallest absolute Gasteiger partial charge is 0.333 e. The van der Waals surface area contributed by atoms with E-state index in [-0.39, 0.29) is 38.3 Å². The van der Waals surface area contributed by atoms with Crippen molar-refractivity contribution in [2.45, 2.75) is 57.2 Å². The van der Waals surface area contributed by atoms with Crippen LogP contribution >= 0.6 is 0 Å². The van der Waals surface area contributed by atoms with Crippen LogP contribution in [0.2, 0.25) is 0 Å². The fourth-order valence-corrected chi connectivity index (χ4v) is 4.30. The van der Waals surface area contributed by atoms with E-state index in [0.717, 1.165) is 23.3 Å². The second-order valence-corrected chi connectivity index (χ2v) is 9.60. The predicted octanol–water partition coefficient (Wildman–Crippen LogP) is 0.537. The fraction of sp³-hybridized carbons (Fsp3) is 0.536. The van der Waals surface area contributed by atoms with Crippen LogP contribution in [0.15, 0.2) is 30.4 Å². The summed E-state index contributed by atoms with van der Waals surface area (Å²) >= 11 is 0. The van der Waals surface area contributed by atoms with Gasteiger partial charge in [0.25, 0.3) is 11.8 Å². The van der Waals surface area contributed by atoms with Crippen molar-refractivity contribution in [3.05, 3.63) is 41.5 Å². The van der Waals surface area contributed by atoms with Crippen LogP contribution in [-0.2, 0) is 51.2 Å². The minimum atomic E-state index is -1.16. The molecule has 230 valence electrons. The summed E-state index contributed by atoms with van der Waals surface area (Å²) in [6.45, 7) is 1.96. The SMILES string of the molecule is N=COCc1cc(CCCOCCOCCNC(=O)CCN2C(=O)C=CC2=O)ccc1OC1CC(O)CC(C(=O)O)O1. The molecule has 2 aliphatic rings. The van der Waals surface area contributed by atoms with Crippen molar-refractivity contribution in [1.82, 2.24) is 10.2 Å². The molecule has 0 saturated carbocycles. The maximum absolute atomic E-state index is 11.8. The Morgan fingerprint density at radius 3 is 2.55 bits per heavy atom. The number of aliphatic hydroxyl groups is 1. The molecule has 1 aromatic rings. The molecule has 1 saturated heterocycles. The van der Waals surface area contributed by atoms with Crippen molar-refractivity contribution in [2.75, 3.05) is 39.5 Å². The first-order valence-corrected chi connectivity index (χ1v) is 13.7. The lowest BCUT2D eigenvalue weighted by atomic mass is 10.0. The van der Waals surface area contributed by atoms with Crippen LogP contribution in [0, 0.1) is 5.41 Å². The van der Waals surface area contributed by atoms with Crippen LogP contribution in [0.1, 0.15) is 36.8 Å². The molecule has 3 atom stereocenters. The molecule has 14 nitrogen and oxygen atoms in total. The fourth-order valence-electron chi connectivity index (χ4n) is 4.30. The molecule has 2 heterocycles. The van der Waals surface area contributed by atoms with Crippen LogP contribution in [0.5, 0.6) is 5.75 Å². The Morgan fingerprint density at radius 1 is 1.10 bits per heavy atom. The first kappa shape index (κ1) is 32.7. The first-order chi connectivity index (χ1) is 20.3. The Morgan fingerprint density at radius 2 is 1.83 bits per heavy atom. The number of nitrogens with zero attached hydrogens (tertiary/aromatic N) is 1. The molecule has 3 amide bonds. The van der Waals surface area contributed by atoms with Crippen molar-refractivity contribution in [1.29, 1.82) is 5.41 Å². The third kappa shape index (κ3) is 10.9. The minimum absolute atomic E-state index is 0.00255. The van der Waals surface area contributed by atoms with Gasteiger partial charge < -0.3 is 39.2 Å². The Labute approximate surface area is 243 Å². The first-order valence-electron chi connectivity index (χ1n) is 13.7. The van der Waals surface area contributed by atoms with E-state index in [0.29, 0.717) is 50.7 Å². The molecule has 0 bridgehead atoms. The van der Waals surface area contributed by atoms with Crippen LogP contribution in [0.25, 0.3) is 0 Å². The molecule has 2 aliphatic heterocycles. The monoisotopic (exact) mass is 591 g/mol. The van der Waals surface area contributed by atoms with Gasteiger partial charge in [0.1, 0.15) is 12.4 Å². The van der Waals surface area contributed by atoms with Gasteiger partial charge in [-0.05, 0) is 30.5 Å². The second kappa shape index (κ2) is 17.2. The molecule has 4 N–H and O–H groups in total. The number of nitrogens with one attached hydrogen (secondary N) is 2. The summed E-state index contributed by atoms with van der Waals surface area (Å²) in [7, 11) is 0. The predicted molar refractivity (Wildman–Crippen MR) is 146 cm³/mol. The van der Waals surface area contributed by atoms with Crippen LogP contribution < -0.4 is 10.1 Å². The van der Waals surface area contributed by atoms with Crippen molar-refractivity contribution in [2.24, 2.45) is 0 Å². The standard InChI is InChI=1S/C28H37N3O11/c29-18-40-17-20-14-19(3-4-22(20)41-27-16-21(32)15-23(42-27)28(36)37)2-1-10-38-12-13-39-11-8-30-24(33)7-9-31-25(34)5-6-26(31)35/h3-6,14,18,21,23,27,29,32H,1-2,7-13,15-17H2,(H,30,33)(H,36,37). The van der Waals surface area contributed by atoms with Gasteiger partial charge >= 0.3 is 5.97 Å². The van der Waals surface area contributed by atoms with Crippen molar-refractivity contribution < 1.29 is 53.1 Å². The van der Waals surface area contributed by atoms with Gasteiger partial charge in [0.05, 0.1) is 25.9 Å². The molecular formula is C28H37N3O11. The zero-order chi connectivity index (χ0) is 30.3. The van der Waals surface area contributed by atoms with Gasteiger partial charge in [0.2, 0.25) is 12.2 Å². The minimum Gasteiger partial charge on any atom is -0.479 e.